The van der Waals surface area contributed by atoms with Crippen molar-refractivity contribution < 1.29 is 13.2 Å². The second-order valence-corrected chi connectivity index (χ2v) is 5.48. The molecule has 0 amide bonds. The zero-order valence-electron chi connectivity index (χ0n) is 11.3. The average molecular weight is 307 g/mol. The number of likely N-dealkylation sites (N-methyl/N-ethyl adjacent to an activating group) is 1. The van der Waals surface area contributed by atoms with E-state index in [9.17, 15) is 13.2 Å². The molecular weight excluding hydrogens is 289 g/mol. The number of halogens is 4. The van der Waals surface area contributed by atoms with Crippen LogP contribution in [0.1, 0.15) is 25.3 Å². The normalized spacial score (nSPS) is 20.2. The molecule has 1 fully saturated rings. The van der Waals surface area contributed by atoms with Gasteiger partial charge in [0.2, 0.25) is 0 Å². The highest BCUT2D eigenvalue weighted by Gasteiger charge is 2.32. The third-order valence-electron chi connectivity index (χ3n) is 3.49. The van der Waals surface area contributed by atoms with Gasteiger partial charge in [-0.1, -0.05) is 18.5 Å². The summed E-state index contributed by atoms with van der Waals surface area (Å²) < 4.78 is 38.5. The fourth-order valence-corrected chi connectivity index (χ4v) is 2.82. The quantitative estimate of drug-likeness (QED) is 0.910. The first-order valence-electron chi connectivity index (χ1n) is 6.76. The van der Waals surface area contributed by atoms with E-state index >= 15 is 0 Å². The Morgan fingerprint density at radius 2 is 2.10 bits per heavy atom. The Hall–Kier alpha value is -0.940. The molecule has 1 saturated heterocycles. The van der Waals surface area contributed by atoms with E-state index in [0.29, 0.717) is 18.3 Å². The molecule has 2 rings (SSSR count). The van der Waals surface area contributed by atoms with E-state index in [-0.39, 0.29) is 5.02 Å². The Labute approximate surface area is 121 Å². The topological polar surface area (TPSA) is 15.3 Å². The molecule has 20 heavy (non-hydrogen) atoms. The monoisotopic (exact) mass is 306 g/mol. The second-order valence-electron chi connectivity index (χ2n) is 5.04. The number of hydrogen-bond acceptors (Lipinski definition) is 2. The maximum Gasteiger partial charge on any atom is 0.416 e. The fourth-order valence-electron chi connectivity index (χ4n) is 2.59. The summed E-state index contributed by atoms with van der Waals surface area (Å²) >= 11 is 5.83. The van der Waals surface area contributed by atoms with Gasteiger partial charge < -0.3 is 10.2 Å². The number of hydrogen-bond donors (Lipinski definition) is 1. The van der Waals surface area contributed by atoms with Crippen molar-refractivity contribution in [2.24, 2.45) is 0 Å². The highest BCUT2D eigenvalue weighted by Crippen LogP contribution is 2.35. The summed E-state index contributed by atoms with van der Waals surface area (Å²) in [6.45, 7) is 4.37. The molecule has 1 aromatic carbocycles. The van der Waals surface area contributed by atoms with Gasteiger partial charge in [-0.25, -0.2) is 0 Å². The molecule has 0 saturated carbocycles. The van der Waals surface area contributed by atoms with Crippen molar-refractivity contribution in [2.75, 3.05) is 24.5 Å². The Kier molecular flexibility index (Phi) is 4.81. The molecule has 1 aromatic rings. The molecule has 0 radical (unpaired) electrons. The largest absolute Gasteiger partial charge is 0.416 e. The van der Waals surface area contributed by atoms with Gasteiger partial charge in [-0.2, -0.15) is 13.2 Å². The van der Waals surface area contributed by atoms with Crippen molar-refractivity contribution >= 4 is 17.3 Å². The molecule has 1 aliphatic heterocycles. The summed E-state index contributed by atoms with van der Waals surface area (Å²) in [5.74, 6) is 0. The minimum Gasteiger partial charge on any atom is -0.370 e. The third kappa shape index (κ3) is 3.79. The molecule has 1 unspecified atom stereocenters. The zero-order valence-corrected chi connectivity index (χ0v) is 12.1. The second kappa shape index (κ2) is 6.22. The summed E-state index contributed by atoms with van der Waals surface area (Å²) in [5.41, 5.74) is -0.141. The predicted molar refractivity (Wildman–Crippen MR) is 75.4 cm³/mol. The van der Waals surface area contributed by atoms with Gasteiger partial charge in [0.1, 0.15) is 0 Å². The molecule has 2 nitrogen and oxygen atoms in total. The average Bonchev–Trinajstić information content (AvgIpc) is 2.38. The van der Waals surface area contributed by atoms with E-state index in [2.05, 4.69) is 5.32 Å². The minimum atomic E-state index is -4.36. The molecule has 0 bridgehead atoms. The van der Waals surface area contributed by atoms with Crippen molar-refractivity contribution in [3.05, 3.63) is 28.8 Å². The first-order valence-corrected chi connectivity index (χ1v) is 7.14. The lowest BCUT2D eigenvalue weighted by molar-refractivity contribution is -0.137. The predicted octanol–water partition coefficient (Wildman–Crippen LogP) is 3.94. The van der Waals surface area contributed by atoms with E-state index in [4.69, 9.17) is 11.6 Å². The maximum absolute atomic E-state index is 12.8. The van der Waals surface area contributed by atoms with Crippen LogP contribution in [0.5, 0.6) is 0 Å². The minimum absolute atomic E-state index is 0.125. The number of nitrogens with one attached hydrogen (secondary N) is 1. The molecule has 0 aromatic heterocycles. The molecule has 6 heteroatoms. The van der Waals surface area contributed by atoms with Gasteiger partial charge in [0.25, 0.3) is 0 Å². The van der Waals surface area contributed by atoms with Gasteiger partial charge in [0, 0.05) is 29.8 Å². The fraction of sp³-hybridized carbons (Fsp3) is 0.571. The zero-order chi connectivity index (χ0) is 14.8. The van der Waals surface area contributed by atoms with Crippen LogP contribution in [0, 0.1) is 0 Å². The first-order chi connectivity index (χ1) is 9.40. The van der Waals surface area contributed by atoms with Crippen LogP contribution in [0.25, 0.3) is 0 Å². The molecule has 112 valence electrons. The SMILES string of the molecule is CCNC1CCCN(c2cc(Cl)cc(C(F)(F)F)c2)C1. The lowest BCUT2D eigenvalue weighted by Crippen LogP contribution is -2.45. The standard InChI is InChI=1S/C14H18ClF3N2/c1-2-19-12-4-3-5-20(9-12)13-7-10(14(16,17)18)6-11(15)8-13/h6-8,12,19H,2-5,9H2,1H3. The first kappa shape index (κ1) is 15.4. The number of anilines is 1. The van der Waals surface area contributed by atoms with Crippen molar-refractivity contribution in [1.29, 1.82) is 0 Å². The molecule has 0 spiro atoms. The van der Waals surface area contributed by atoms with Gasteiger partial charge >= 0.3 is 6.18 Å². The van der Waals surface area contributed by atoms with Gasteiger partial charge in [0.05, 0.1) is 5.56 Å². The maximum atomic E-state index is 12.8. The van der Waals surface area contributed by atoms with Crippen LogP contribution >= 0.6 is 11.6 Å². The highest BCUT2D eigenvalue weighted by atomic mass is 35.5. The molecular formula is C14H18ClF3N2. The Morgan fingerprint density at radius 3 is 2.75 bits per heavy atom. The van der Waals surface area contributed by atoms with Crippen LogP contribution in [-0.4, -0.2) is 25.7 Å². The van der Waals surface area contributed by atoms with E-state index in [1.807, 2.05) is 11.8 Å². The number of rotatable bonds is 3. The van der Waals surface area contributed by atoms with Gasteiger partial charge in [0.15, 0.2) is 0 Å². The van der Waals surface area contributed by atoms with E-state index < -0.39 is 11.7 Å². The van der Waals surface area contributed by atoms with Crippen LogP contribution < -0.4 is 10.2 Å². The van der Waals surface area contributed by atoms with E-state index in [1.54, 1.807) is 6.07 Å². The lowest BCUT2D eigenvalue weighted by Gasteiger charge is -2.35. The van der Waals surface area contributed by atoms with Crippen molar-refractivity contribution in [2.45, 2.75) is 32.0 Å². The van der Waals surface area contributed by atoms with Crippen LogP contribution in [0.2, 0.25) is 5.02 Å². The Balaban J connectivity index is 2.21. The number of alkyl halides is 3. The van der Waals surface area contributed by atoms with Gasteiger partial charge in [-0.3, -0.25) is 0 Å². The van der Waals surface area contributed by atoms with E-state index in [1.165, 1.54) is 6.07 Å². The molecule has 0 aliphatic carbocycles. The van der Waals surface area contributed by atoms with Crippen LogP contribution in [0.4, 0.5) is 18.9 Å². The molecule has 1 atom stereocenters. The summed E-state index contributed by atoms with van der Waals surface area (Å²) in [7, 11) is 0. The highest BCUT2D eigenvalue weighted by molar-refractivity contribution is 6.30. The smallest absolute Gasteiger partial charge is 0.370 e. The number of benzene rings is 1. The third-order valence-corrected chi connectivity index (χ3v) is 3.71. The molecule has 1 heterocycles. The van der Waals surface area contributed by atoms with Crippen LogP contribution in [0.15, 0.2) is 18.2 Å². The van der Waals surface area contributed by atoms with Crippen molar-refractivity contribution in [3.63, 3.8) is 0 Å². The van der Waals surface area contributed by atoms with Gasteiger partial charge in [-0.15, -0.1) is 0 Å². The summed E-state index contributed by atoms with van der Waals surface area (Å²) in [6.07, 6.45) is -2.35. The summed E-state index contributed by atoms with van der Waals surface area (Å²) in [6, 6.07) is 4.07. The van der Waals surface area contributed by atoms with Crippen LogP contribution in [0.3, 0.4) is 0 Å². The Bertz CT molecular complexity index is 460. The Morgan fingerprint density at radius 1 is 1.35 bits per heavy atom. The lowest BCUT2D eigenvalue weighted by atomic mass is 10.0. The molecule has 1 aliphatic rings. The number of nitrogens with zero attached hydrogens (tertiary/aromatic N) is 1. The van der Waals surface area contributed by atoms with Crippen LogP contribution in [-0.2, 0) is 6.18 Å². The summed E-state index contributed by atoms with van der Waals surface area (Å²) in [4.78, 5) is 1.97. The summed E-state index contributed by atoms with van der Waals surface area (Å²) in [5, 5.41) is 3.47. The van der Waals surface area contributed by atoms with E-state index in [0.717, 1.165) is 32.0 Å². The number of piperidine rings is 1. The molecule has 1 N–H and O–H groups in total. The van der Waals surface area contributed by atoms with Gasteiger partial charge in [-0.05, 0) is 37.6 Å². The van der Waals surface area contributed by atoms with Crippen molar-refractivity contribution in [1.82, 2.24) is 5.32 Å². The van der Waals surface area contributed by atoms with Crippen molar-refractivity contribution in [3.8, 4) is 0 Å².